The van der Waals surface area contributed by atoms with Crippen LogP contribution in [0.1, 0.15) is 32.1 Å². The molecule has 1 heterocycles. The molecular formula is C10H19NO. The van der Waals surface area contributed by atoms with Crippen LogP contribution in [0.15, 0.2) is 0 Å². The first-order valence-corrected chi connectivity index (χ1v) is 5.13. The average molecular weight is 169 g/mol. The maximum atomic E-state index is 5.72. The Morgan fingerprint density at radius 1 is 1.33 bits per heavy atom. The molecule has 1 aliphatic carbocycles. The van der Waals surface area contributed by atoms with Gasteiger partial charge >= 0.3 is 0 Å². The summed E-state index contributed by atoms with van der Waals surface area (Å²) < 4.78 is 5.72. The van der Waals surface area contributed by atoms with Gasteiger partial charge in [0.05, 0.1) is 5.60 Å². The van der Waals surface area contributed by atoms with Gasteiger partial charge in [-0.1, -0.05) is 12.8 Å². The minimum absolute atomic E-state index is 0.205. The van der Waals surface area contributed by atoms with Crippen LogP contribution in [0, 0.1) is 5.92 Å². The van der Waals surface area contributed by atoms with Crippen molar-refractivity contribution in [2.24, 2.45) is 5.92 Å². The van der Waals surface area contributed by atoms with E-state index < -0.39 is 0 Å². The number of nitrogens with one attached hydrogen (secondary N) is 1. The highest BCUT2D eigenvalue weighted by Gasteiger charge is 2.42. The normalized spacial score (nSPS) is 37.8. The molecule has 2 aliphatic rings. The first-order chi connectivity index (χ1) is 5.87. The highest BCUT2D eigenvalue weighted by atomic mass is 16.5. The monoisotopic (exact) mass is 169 g/mol. The van der Waals surface area contributed by atoms with Crippen LogP contribution < -0.4 is 5.32 Å². The number of rotatable bonds is 2. The maximum Gasteiger partial charge on any atom is 0.0842 e. The van der Waals surface area contributed by atoms with E-state index in [1.165, 1.54) is 32.1 Å². The fourth-order valence-corrected chi connectivity index (χ4v) is 2.83. The molecule has 2 nitrogen and oxygen atoms in total. The van der Waals surface area contributed by atoms with Gasteiger partial charge in [0, 0.05) is 13.7 Å². The van der Waals surface area contributed by atoms with Crippen molar-refractivity contribution in [2.75, 3.05) is 20.2 Å². The molecule has 70 valence electrons. The third-order valence-electron chi connectivity index (χ3n) is 3.65. The molecule has 2 heteroatoms. The van der Waals surface area contributed by atoms with Crippen LogP contribution in [0.25, 0.3) is 0 Å². The second kappa shape index (κ2) is 3.35. The lowest BCUT2D eigenvalue weighted by Crippen LogP contribution is -2.40. The zero-order chi connectivity index (χ0) is 8.44. The Labute approximate surface area is 74.7 Å². The molecule has 0 bridgehead atoms. The van der Waals surface area contributed by atoms with Crippen LogP contribution >= 0.6 is 0 Å². The van der Waals surface area contributed by atoms with E-state index >= 15 is 0 Å². The van der Waals surface area contributed by atoms with E-state index in [1.807, 2.05) is 7.11 Å². The lowest BCUT2D eigenvalue weighted by Gasteiger charge is -2.33. The Balaban J connectivity index is 2.04. The molecule has 0 aromatic heterocycles. The second-order valence-electron chi connectivity index (χ2n) is 4.18. The molecular weight excluding hydrogens is 150 g/mol. The van der Waals surface area contributed by atoms with Gasteiger partial charge in [0.1, 0.15) is 0 Å². The molecule has 1 atom stereocenters. The summed E-state index contributed by atoms with van der Waals surface area (Å²) in [5.74, 6) is 0.831. The molecule has 0 amide bonds. The molecule has 12 heavy (non-hydrogen) atoms. The van der Waals surface area contributed by atoms with Crippen LogP contribution in [0.5, 0.6) is 0 Å². The molecule has 1 unspecified atom stereocenters. The number of ether oxygens (including phenoxy) is 1. The van der Waals surface area contributed by atoms with Crippen molar-refractivity contribution in [3.8, 4) is 0 Å². The zero-order valence-corrected chi connectivity index (χ0v) is 7.94. The van der Waals surface area contributed by atoms with Gasteiger partial charge in [0.2, 0.25) is 0 Å². The fraction of sp³-hybridized carbons (Fsp3) is 1.00. The van der Waals surface area contributed by atoms with Crippen molar-refractivity contribution in [3.05, 3.63) is 0 Å². The number of methoxy groups -OCH3 is 1. The Kier molecular flexibility index (Phi) is 2.37. The van der Waals surface area contributed by atoms with E-state index in [2.05, 4.69) is 5.32 Å². The van der Waals surface area contributed by atoms with Crippen molar-refractivity contribution < 1.29 is 4.74 Å². The smallest absolute Gasteiger partial charge is 0.0842 e. The summed E-state index contributed by atoms with van der Waals surface area (Å²) in [5, 5.41) is 3.42. The molecule has 2 fully saturated rings. The van der Waals surface area contributed by atoms with E-state index in [-0.39, 0.29) is 5.60 Å². The SMILES string of the molecule is COC1(C2CCCC2)CCNC1. The lowest BCUT2D eigenvalue weighted by atomic mass is 9.85. The quantitative estimate of drug-likeness (QED) is 0.677. The summed E-state index contributed by atoms with van der Waals surface area (Å²) in [4.78, 5) is 0. The Hall–Kier alpha value is -0.0800. The van der Waals surface area contributed by atoms with Crippen LogP contribution in [0.3, 0.4) is 0 Å². The first kappa shape index (κ1) is 8.52. The van der Waals surface area contributed by atoms with Crippen LogP contribution in [0.4, 0.5) is 0 Å². The Morgan fingerprint density at radius 3 is 2.58 bits per heavy atom. The Morgan fingerprint density at radius 2 is 2.08 bits per heavy atom. The molecule has 2 rings (SSSR count). The van der Waals surface area contributed by atoms with Crippen molar-refractivity contribution in [2.45, 2.75) is 37.7 Å². The van der Waals surface area contributed by atoms with E-state index in [1.54, 1.807) is 0 Å². The summed E-state index contributed by atoms with van der Waals surface area (Å²) in [5.41, 5.74) is 0.205. The lowest BCUT2D eigenvalue weighted by molar-refractivity contribution is -0.0400. The van der Waals surface area contributed by atoms with Gasteiger partial charge in [-0.3, -0.25) is 0 Å². The molecule has 1 saturated heterocycles. The fourth-order valence-electron chi connectivity index (χ4n) is 2.83. The third kappa shape index (κ3) is 1.27. The van der Waals surface area contributed by atoms with Gasteiger partial charge in [-0.25, -0.2) is 0 Å². The van der Waals surface area contributed by atoms with Crippen LogP contribution in [-0.2, 0) is 4.74 Å². The van der Waals surface area contributed by atoms with Crippen molar-refractivity contribution in [3.63, 3.8) is 0 Å². The van der Waals surface area contributed by atoms with E-state index in [0.717, 1.165) is 19.0 Å². The Bertz CT molecular complexity index is 146. The minimum atomic E-state index is 0.205. The van der Waals surface area contributed by atoms with Crippen molar-refractivity contribution >= 4 is 0 Å². The summed E-state index contributed by atoms with van der Waals surface area (Å²) in [7, 11) is 1.88. The van der Waals surface area contributed by atoms with Gasteiger partial charge in [0.25, 0.3) is 0 Å². The first-order valence-electron chi connectivity index (χ1n) is 5.13. The molecule has 0 aromatic rings. The predicted octanol–water partition coefficient (Wildman–Crippen LogP) is 1.56. The highest BCUT2D eigenvalue weighted by Crippen LogP contribution is 2.39. The summed E-state index contributed by atoms with van der Waals surface area (Å²) in [6.45, 7) is 2.22. The van der Waals surface area contributed by atoms with E-state index in [9.17, 15) is 0 Å². The van der Waals surface area contributed by atoms with Crippen molar-refractivity contribution in [1.82, 2.24) is 5.32 Å². The van der Waals surface area contributed by atoms with Gasteiger partial charge in [-0.2, -0.15) is 0 Å². The number of hydrogen-bond acceptors (Lipinski definition) is 2. The zero-order valence-electron chi connectivity index (χ0n) is 7.94. The van der Waals surface area contributed by atoms with Gasteiger partial charge in [-0.05, 0) is 31.7 Å². The number of hydrogen-bond donors (Lipinski definition) is 1. The van der Waals surface area contributed by atoms with Crippen LogP contribution in [-0.4, -0.2) is 25.8 Å². The molecule has 1 saturated carbocycles. The minimum Gasteiger partial charge on any atom is -0.377 e. The average Bonchev–Trinajstić information content (AvgIpc) is 2.76. The second-order valence-corrected chi connectivity index (χ2v) is 4.18. The standard InChI is InChI=1S/C10H19NO/c1-12-10(6-7-11-8-10)9-4-2-3-5-9/h9,11H,2-8H2,1H3. The molecule has 0 aromatic carbocycles. The predicted molar refractivity (Wildman–Crippen MR) is 49.2 cm³/mol. The molecule has 1 aliphatic heterocycles. The summed E-state index contributed by atoms with van der Waals surface area (Å²) >= 11 is 0. The van der Waals surface area contributed by atoms with Crippen molar-refractivity contribution in [1.29, 1.82) is 0 Å². The topological polar surface area (TPSA) is 21.3 Å². The maximum absolute atomic E-state index is 5.72. The largest absolute Gasteiger partial charge is 0.377 e. The van der Waals surface area contributed by atoms with E-state index in [0.29, 0.717) is 0 Å². The highest BCUT2D eigenvalue weighted by molar-refractivity contribution is 4.96. The molecule has 1 N–H and O–H groups in total. The van der Waals surface area contributed by atoms with Gasteiger partial charge < -0.3 is 10.1 Å². The molecule has 0 spiro atoms. The van der Waals surface area contributed by atoms with Gasteiger partial charge in [0.15, 0.2) is 0 Å². The third-order valence-corrected chi connectivity index (χ3v) is 3.65. The van der Waals surface area contributed by atoms with Gasteiger partial charge in [-0.15, -0.1) is 0 Å². The van der Waals surface area contributed by atoms with E-state index in [4.69, 9.17) is 4.74 Å². The molecule has 0 radical (unpaired) electrons. The summed E-state index contributed by atoms with van der Waals surface area (Å²) in [6.07, 6.45) is 6.81. The van der Waals surface area contributed by atoms with Crippen LogP contribution in [0.2, 0.25) is 0 Å². The summed E-state index contributed by atoms with van der Waals surface area (Å²) in [6, 6.07) is 0.